The molecule has 2 rings (SSSR count). The lowest BCUT2D eigenvalue weighted by atomic mass is 9.97. The Balaban J connectivity index is 2.08. The van der Waals surface area contributed by atoms with Crippen LogP contribution in [0.4, 0.5) is 0 Å². The molecule has 17 heavy (non-hydrogen) atoms. The van der Waals surface area contributed by atoms with Crippen molar-refractivity contribution < 1.29 is 9.90 Å². The Kier molecular flexibility index (Phi) is 3.73. The first kappa shape index (κ1) is 12.0. The van der Waals surface area contributed by atoms with Crippen molar-refractivity contribution in [2.45, 2.75) is 44.8 Å². The van der Waals surface area contributed by atoms with Gasteiger partial charge in [-0.2, -0.15) is 15.4 Å². The summed E-state index contributed by atoms with van der Waals surface area (Å²) in [5.41, 5.74) is 0.350. The van der Waals surface area contributed by atoms with E-state index in [1.807, 2.05) is 4.90 Å². The monoisotopic (exact) mass is 238 g/mol. The second-order valence-electron chi connectivity index (χ2n) is 4.59. The quantitative estimate of drug-likeness (QED) is 0.806. The number of amides is 1. The maximum absolute atomic E-state index is 12.2. The zero-order valence-electron chi connectivity index (χ0n) is 9.96. The Labute approximate surface area is 100 Å². The molecule has 2 heterocycles. The Morgan fingerprint density at radius 1 is 1.71 bits per heavy atom. The summed E-state index contributed by atoms with van der Waals surface area (Å²) in [5.74, 6) is -0.0934. The van der Waals surface area contributed by atoms with Crippen LogP contribution in [0.2, 0.25) is 0 Å². The van der Waals surface area contributed by atoms with Gasteiger partial charge in [-0.3, -0.25) is 4.79 Å². The molecule has 94 valence electrons. The van der Waals surface area contributed by atoms with Crippen LogP contribution in [0.1, 0.15) is 43.1 Å². The number of piperidine rings is 1. The van der Waals surface area contributed by atoms with Gasteiger partial charge in [0.25, 0.3) is 5.91 Å². The number of carbonyl (C=O) groups is 1. The van der Waals surface area contributed by atoms with Gasteiger partial charge < -0.3 is 10.0 Å². The number of hydrogen-bond donors (Lipinski definition) is 2. The molecule has 0 spiro atoms. The van der Waals surface area contributed by atoms with Crippen molar-refractivity contribution in [1.29, 1.82) is 0 Å². The third kappa shape index (κ3) is 2.82. The number of nitrogens with one attached hydrogen (secondary N) is 1. The van der Waals surface area contributed by atoms with E-state index in [4.69, 9.17) is 0 Å². The van der Waals surface area contributed by atoms with Gasteiger partial charge in [-0.25, -0.2) is 0 Å². The number of likely N-dealkylation sites (tertiary alicyclic amines) is 1. The summed E-state index contributed by atoms with van der Waals surface area (Å²) < 4.78 is 0. The molecule has 2 N–H and O–H groups in total. The van der Waals surface area contributed by atoms with Gasteiger partial charge in [0, 0.05) is 12.6 Å². The second-order valence-corrected chi connectivity index (χ2v) is 4.59. The van der Waals surface area contributed by atoms with Crippen LogP contribution in [0.25, 0.3) is 0 Å². The van der Waals surface area contributed by atoms with Crippen LogP contribution in [-0.2, 0) is 0 Å². The predicted octanol–water partition coefficient (Wildman–Crippen LogP) is 0.570. The zero-order valence-corrected chi connectivity index (χ0v) is 9.96. The summed E-state index contributed by atoms with van der Waals surface area (Å²) in [6.07, 6.45) is 4.76. The topological polar surface area (TPSA) is 82.1 Å². The van der Waals surface area contributed by atoms with Crippen molar-refractivity contribution >= 4 is 5.91 Å². The van der Waals surface area contributed by atoms with E-state index in [0.717, 1.165) is 25.8 Å². The fourth-order valence-corrected chi connectivity index (χ4v) is 2.36. The largest absolute Gasteiger partial charge is 0.393 e. The molecule has 1 amide bonds. The number of carbonyl (C=O) groups excluding carboxylic acids is 1. The molecule has 6 nitrogen and oxygen atoms in total. The van der Waals surface area contributed by atoms with Gasteiger partial charge in [-0.1, -0.05) is 0 Å². The van der Waals surface area contributed by atoms with Gasteiger partial charge in [0.2, 0.25) is 0 Å². The van der Waals surface area contributed by atoms with Gasteiger partial charge in [0.05, 0.1) is 12.3 Å². The van der Waals surface area contributed by atoms with Gasteiger partial charge in [0.1, 0.15) is 0 Å². The maximum atomic E-state index is 12.2. The number of aliphatic hydroxyl groups excluding tert-OH is 1. The fraction of sp³-hybridized carbons (Fsp3) is 0.727. The molecule has 1 fully saturated rings. The highest BCUT2D eigenvalue weighted by Crippen LogP contribution is 2.22. The van der Waals surface area contributed by atoms with Gasteiger partial charge in [-0.05, 0) is 32.6 Å². The summed E-state index contributed by atoms with van der Waals surface area (Å²) >= 11 is 0. The van der Waals surface area contributed by atoms with E-state index in [1.54, 1.807) is 6.92 Å². The molecular weight excluding hydrogens is 220 g/mol. The molecule has 0 radical (unpaired) electrons. The van der Waals surface area contributed by atoms with Crippen LogP contribution in [0.3, 0.4) is 0 Å². The maximum Gasteiger partial charge on any atom is 0.276 e. The molecule has 1 aliphatic heterocycles. The average Bonchev–Trinajstić information content (AvgIpc) is 2.81. The number of H-pyrrole nitrogens is 1. The van der Waals surface area contributed by atoms with Crippen LogP contribution in [0.5, 0.6) is 0 Å². The molecule has 0 bridgehead atoms. The number of nitrogens with zero attached hydrogens (tertiary/aromatic N) is 3. The Bertz CT molecular complexity index is 364. The van der Waals surface area contributed by atoms with Crippen molar-refractivity contribution in [2.24, 2.45) is 0 Å². The molecule has 6 heteroatoms. The van der Waals surface area contributed by atoms with Crippen LogP contribution in [0.15, 0.2) is 6.20 Å². The van der Waals surface area contributed by atoms with Crippen LogP contribution < -0.4 is 0 Å². The summed E-state index contributed by atoms with van der Waals surface area (Å²) in [6, 6.07) is 0.118. The van der Waals surface area contributed by atoms with Gasteiger partial charge in [0.15, 0.2) is 5.69 Å². The highest BCUT2D eigenvalue weighted by Gasteiger charge is 2.29. The third-order valence-electron chi connectivity index (χ3n) is 3.14. The second kappa shape index (κ2) is 5.27. The van der Waals surface area contributed by atoms with E-state index in [2.05, 4.69) is 15.4 Å². The average molecular weight is 238 g/mol. The summed E-state index contributed by atoms with van der Waals surface area (Å²) in [5, 5.41) is 19.4. The number of aliphatic hydroxyl groups is 1. The van der Waals surface area contributed by atoms with E-state index in [1.165, 1.54) is 6.20 Å². The molecule has 1 aliphatic rings. The van der Waals surface area contributed by atoms with E-state index in [0.29, 0.717) is 12.1 Å². The highest BCUT2D eigenvalue weighted by molar-refractivity contribution is 5.92. The molecule has 1 aromatic heterocycles. The molecule has 0 aromatic carbocycles. The van der Waals surface area contributed by atoms with E-state index in [-0.39, 0.29) is 18.1 Å². The molecule has 0 saturated carbocycles. The Hall–Kier alpha value is -1.43. The number of hydrogen-bond acceptors (Lipinski definition) is 4. The summed E-state index contributed by atoms with van der Waals surface area (Å²) in [4.78, 5) is 14.0. The number of aromatic amines is 1. The van der Waals surface area contributed by atoms with Crippen molar-refractivity contribution in [3.63, 3.8) is 0 Å². The van der Waals surface area contributed by atoms with E-state index in [9.17, 15) is 9.90 Å². The van der Waals surface area contributed by atoms with Crippen LogP contribution >= 0.6 is 0 Å². The van der Waals surface area contributed by atoms with Crippen LogP contribution in [0, 0.1) is 0 Å². The SMILES string of the molecule is CC(O)CC1CCCCN1C(=O)c1cn[nH]n1. The van der Waals surface area contributed by atoms with Crippen molar-refractivity contribution in [2.75, 3.05) is 6.54 Å². The summed E-state index contributed by atoms with van der Waals surface area (Å²) in [7, 11) is 0. The first-order valence-corrected chi connectivity index (χ1v) is 6.03. The van der Waals surface area contributed by atoms with E-state index >= 15 is 0 Å². The normalized spacial score (nSPS) is 22.5. The Morgan fingerprint density at radius 2 is 2.53 bits per heavy atom. The lowest BCUT2D eigenvalue weighted by Gasteiger charge is -2.36. The molecule has 2 unspecified atom stereocenters. The third-order valence-corrected chi connectivity index (χ3v) is 3.14. The predicted molar refractivity (Wildman–Crippen MR) is 61.4 cm³/mol. The first-order valence-electron chi connectivity index (χ1n) is 6.03. The lowest BCUT2D eigenvalue weighted by molar-refractivity contribution is 0.0509. The lowest BCUT2D eigenvalue weighted by Crippen LogP contribution is -2.45. The van der Waals surface area contributed by atoms with Crippen molar-refractivity contribution in [3.05, 3.63) is 11.9 Å². The molecule has 1 saturated heterocycles. The van der Waals surface area contributed by atoms with Gasteiger partial charge >= 0.3 is 0 Å². The standard InChI is InChI=1S/C11H18N4O2/c1-8(16)6-9-4-2-3-5-15(9)11(17)10-7-12-14-13-10/h7-9,16H,2-6H2,1H3,(H,12,13,14). The number of rotatable bonds is 3. The van der Waals surface area contributed by atoms with Crippen molar-refractivity contribution in [3.8, 4) is 0 Å². The molecule has 2 atom stereocenters. The minimum atomic E-state index is -0.384. The number of aromatic nitrogens is 3. The van der Waals surface area contributed by atoms with E-state index < -0.39 is 0 Å². The van der Waals surface area contributed by atoms with Crippen molar-refractivity contribution in [1.82, 2.24) is 20.3 Å². The smallest absolute Gasteiger partial charge is 0.276 e. The molecule has 0 aliphatic carbocycles. The molecular formula is C11H18N4O2. The van der Waals surface area contributed by atoms with Gasteiger partial charge in [-0.15, -0.1) is 0 Å². The molecule has 1 aromatic rings. The van der Waals surface area contributed by atoms with Crippen LogP contribution in [-0.4, -0.2) is 50.0 Å². The highest BCUT2D eigenvalue weighted by atomic mass is 16.3. The fourth-order valence-electron chi connectivity index (χ4n) is 2.36. The minimum absolute atomic E-state index is 0.0934. The zero-order chi connectivity index (χ0) is 12.3. The minimum Gasteiger partial charge on any atom is -0.393 e. The first-order chi connectivity index (χ1) is 8.18. The Morgan fingerprint density at radius 3 is 3.18 bits per heavy atom. The summed E-state index contributed by atoms with van der Waals surface area (Å²) in [6.45, 7) is 2.50.